The van der Waals surface area contributed by atoms with Crippen LogP contribution in [0, 0.1) is 5.82 Å². The molecule has 1 aliphatic heterocycles. The van der Waals surface area contributed by atoms with Crippen molar-refractivity contribution in [3.05, 3.63) is 64.3 Å². The first kappa shape index (κ1) is 22.4. The highest BCUT2D eigenvalue weighted by Crippen LogP contribution is 2.33. The lowest BCUT2D eigenvalue weighted by atomic mass is 10.1. The second-order valence-corrected chi connectivity index (χ2v) is 8.22. The zero-order chi connectivity index (χ0) is 22.5. The summed E-state index contributed by atoms with van der Waals surface area (Å²) in [6.07, 6.45) is 1.74. The summed E-state index contributed by atoms with van der Waals surface area (Å²) in [6.45, 7) is 0.189. The molecule has 31 heavy (non-hydrogen) atoms. The van der Waals surface area contributed by atoms with Crippen molar-refractivity contribution < 1.29 is 29.0 Å². The molecule has 1 aliphatic rings. The van der Waals surface area contributed by atoms with E-state index < -0.39 is 17.7 Å². The average Bonchev–Trinajstić information content (AvgIpc) is 2.98. The molecular weight excluding hydrogens is 443 g/mol. The van der Waals surface area contributed by atoms with Crippen LogP contribution in [0.3, 0.4) is 0 Å². The van der Waals surface area contributed by atoms with Gasteiger partial charge in [-0.2, -0.15) is 0 Å². The Balaban J connectivity index is 1.58. The minimum atomic E-state index is -1.29. The smallest absolute Gasteiger partial charge is 0.337 e. The highest BCUT2D eigenvalue weighted by Gasteiger charge is 2.31. The number of carboxylic acid groups (broad SMARTS) is 1. The number of hydrogen-bond acceptors (Lipinski definition) is 6. The number of carboxylic acids is 1. The van der Waals surface area contributed by atoms with Crippen molar-refractivity contribution in [1.29, 1.82) is 0 Å². The highest BCUT2D eigenvalue weighted by molar-refractivity contribution is 8.26. The summed E-state index contributed by atoms with van der Waals surface area (Å²) in [5.41, 5.74) is 0.114. The quantitative estimate of drug-likeness (QED) is 0.327. The summed E-state index contributed by atoms with van der Waals surface area (Å²) < 4.78 is 14.1. The minimum absolute atomic E-state index is 0.0172. The monoisotopic (exact) mass is 460 g/mol. The van der Waals surface area contributed by atoms with Crippen molar-refractivity contribution in [2.24, 2.45) is 0 Å². The predicted molar refractivity (Wildman–Crippen MR) is 119 cm³/mol. The van der Waals surface area contributed by atoms with Crippen LogP contribution < -0.4 is 5.32 Å². The number of aromatic hydroxyl groups is 1. The number of nitrogens with one attached hydrogen (secondary N) is 1. The van der Waals surface area contributed by atoms with E-state index in [0.29, 0.717) is 9.23 Å². The van der Waals surface area contributed by atoms with E-state index >= 15 is 0 Å². The van der Waals surface area contributed by atoms with E-state index in [1.807, 2.05) is 0 Å². The lowest BCUT2D eigenvalue weighted by molar-refractivity contribution is -0.122. The van der Waals surface area contributed by atoms with Gasteiger partial charge >= 0.3 is 5.97 Å². The first-order chi connectivity index (χ1) is 14.8. The summed E-state index contributed by atoms with van der Waals surface area (Å²) in [5.74, 6) is -2.76. The number of rotatable bonds is 7. The second-order valence-electron chi connectivity index (χ2n) is 6.54. The SMILES string of the molecule is O=C(CCCN1C(=O)C(=Cc2ccccc2F)SC1=S)Nc1ccc(O)cc1C(=O)O. The van der Waals surface area contributed by atoms with Crippen LogP contribution in [-0.4, -0.2) is 43.8 Å². The summed E-state index contributed by atoms with van der Waals surface area (Å²) >= 11 is 6.30. The number of amides is 2. The van der Waals surface area contributed by atoms with Gasteiger partial charge in [0.1, 0.15) is 15.9 Å². The fourth-order valence-corrected chi connectivity index (χ4v) is 4.15. The molecule has 0 radical (unpaired) electrons. The number of benzene rings is 2. The highest BCUT2D eigenvalue weighted by atomic mass is 32.2. The molecule has 7 nitrogen and oxygen atoms in total. The number of carbonyl (C=O) groups excluding carboxylic acids is 2. The molecule has 0 unspecified atom stereocenters. The number of phenols is 1. The number of aromatic carboxylic acids is 1. The summed E-state index contributed by atoms with van der Waals surface area (Å²) in [6, 6.07) is 9.69. The third-order valence-corrected chi connectivity index (χ3v) is 5.74. The Morgan fingerprint density at radius 1 is 1.23 bits per heavy atom. The molecule has 10 heteroatoms. The third-order valence-electron chi connectivity index (χ3n) is 4.36. The molecule has 0 atom stereocenters. The van der Waals surface area contributed by atoms with Crippen molar-refractivity contribution in [2.45, 2.75) is 12.8 Å². The van der Waals surface area contributed by atoms with Gasteiger partial charge in [-0.15, -0.1) is 0 Å². The van der Waals surface area contributed by atoms with Gasteiger partial charge in [0.15, 0.2) is 0 Å². The van der Waals surface area contributed by atoms with Crippen molar-refractivity contribution in [3.8, 4) is 5.75 Å². The van der Waals surface area contributed by atoms with Crippen LogP contribution in [0.5, 0.6) is 5.75 Å². The minimum Gasteiger partial charge on any atom is -0.508 e. The molecule has 3 N–H and O–H groups in total. The van der Waals surface area contributed by atoms with Crippen LogP contribution in [-0.2, 0) is 9.59 Å². The van der Waals surface area contributed by atoms with Gasteiger partial charge in [-0.25, -0.2) is 9.18 Å². The standard InChI is InChI=1S/C21H17FN2O5S2/c22-15-5-2-1-4-12(15)10-17-19(27)24(21(30)31-17)9-3-6-18(26)23-16-8-7-13(25)11-14(16)20(28)29/h1-2,4-5,7-8,10-11,25H,3,6,9H2,(H,23,26)(H,28,29). The molecule has 0 bridgehead atoms. The normalized spacial score (nSPS) is 14.9. The topological polar surface area (TPSA) is 107 Å². The van der Waals surface area contributed by atoms with Crippen molar-refractivity contribution in [3.63, 3.8) is 0 Å². The van der Waals surface area contributed by atoms with Crippen molar-refractivity contribution >= 4 is 57.8 Å². The van der Waals surface area contributed by atoms with Crippen LogP contribution in [0.25, 0.3) is 6.08 Å². The summed E-state index contributed by atoms with van der Waals surface area (Å²) in [7, 11) is 0. The van der Waals surface area contributed by atoms with E-state index in [1.54, 1.807) is 18.2 Å². The largest absolute Gasteiger partial charge is 0.508 e. The number of nitrogens with zero attached hydrogens (tertiary/aromatic N) is 1. The van der Waals surface area contributed by atoms with E-state index in [9.17, 15) is 29.0 Å². The summed E-state index contributed by atoms with van der Waals surface area (Å²) in [5, 5.41) is 21.1. The molecule has 160 valence electrons. The van der Waals surface area contributed by atoms with E-state index in [-0.39, 0.29) is 47.9 Å². The van der Waals surface area contributed by atoms with Crippen LogP contribution in [0.2, 0.25) is 0 Å². The molecule has 1 heterocycles. The van der Waals surface area contributed by atoms with Crippen LogP contribution in [0.1, 0.15) is 28.8 Å². The maximum atomic E-state index is 13.8. The number of anilines is 1. The Morgan fingerprint density at radius 3 is 2.68 bits per heavy atom. The van der Waals surface area contributed by atoms with Crippen molar-refractivity contribution in [2.75, 3.05) is 11.9 Å². The number of thiocarbonyl (C=S) groups is 1. The Bertz CT molecular complexity index is 1100. The number of phenolic OH excluding ortho intramolecular Hbond substituents is 1. The molecule has 2 aromatic carbocycles. The average molecular weight is 461 g/mol. The number of carbonyl (C=O) groups is 3. The molecule has 0 aliphatic carbocycles. The molecule has 2 amide bonds. The Kier molecular flexibility index (Phi) is 7.03. The first-order valence-electron chi connectivity index (χ1n) is 9.12. The van der Waals surface area contributed by atoms with Gasteiger partial charge in [0.05, 0.1) is 16.2 Å². The van der Waals surface area contributed by atoms with Crippen LogP contribution in [0.4, 0.5) is 10.1 Å². The zero-order valence-corrected chi connectivity index (χ0v) is 17.6. The molecule has 3 rings (SSSR count). The third kappa shape index (κ3) is 5.47. The second kappa shape index (κ2) is 9.71. The Hall–Kier alpha value is -3.24. The zero-order valence-electron chi connectivity index (χ0n) is 16.0. The molecule has 0 aromatic heterocycles. The maximum absolute atomic E-state index is 13.8. The predicted octanol–water partition coefficient (Wildman–Crippen LogP) is 3.85. The van der Waals surface area contributed by atoms with Crippen LogP contribution in [0.15, 0.2) is 47.4 Å². The molecular formula is C21H17FN2O5S2. The van der Waals surface area contributed by atoms with E-state index in [1.165, 1.54) is 29.2 Å². The first-order valence-corrected chi connectivity index (χ1v) is 10.3. The van der Waals surface area contributed by atoms with Gasteiger partial charge in [-0.1, -0.05) is 42.2 Å². The van der Waals surface area contributed by atoms with Crippen molar-refractivity contribution in [1.82, 2.24) is 4.90 Å². The van der Waals surface area contributed by atoms with Gasteiger partial charge in [0, 0.05) is 18.5 Å². The van der Waals surface area contributed by atoms with Gasteiger partial charge in [0.25, 0.3) is 5.91 Å². The Morgan fingerprint density at radius 2 is 1.97 bits per heavy atom. The van der Waals surface area contributed by atoms with Gasteiger partial charge in [-0.3, -0.25) is 14.5 Å². The summed E-state index contributed by atoms with van der Waals surface area (Å²) in [4.78, 5) is 37.7. The van der Waals surface area contributed by atoms with E-state index in [0.717, 1.165) is 17.8 Å². The molecule has 0 spiro atoms. The fraction of sp³-hybridized carbons (Fsp3) is 0.143. The molecule has 2 aromatic rings. The van der Waals surface area contributed by atoms with Gasteiger partial charge in [0.2, 0.25) is 5.91 Å². The number of thioether (sulfide) groups is 1. The molecule has 0 saturated carbocycles. The van der Waals surface area contributed by atoms with E-state index in [4.69, 9.17) is 12.2 Å². The van der Waals surface area contributed by atoms with E-state index in [2.05, 4.69) is 5.32 Å². The number of hydrogen-bond donors (Lipinski definition) is 3. The van der Waals surface area contributed by atoms with Gasteiger partial charge < -0.3 is 15.5 Å². The molecule has 1 saturated heterocycles. The Labute approximate surface area is 186 Å². The lowest BCUT2D eigenvalue weighted by Gasteiger charge is -2.14. The maximum Gasteiger partial charge on any atom is 0.337 e. The van der Waals surface area contributed by atoms with Crippen LogP contribution >= 0.6 is 24.0 Å². The lowest BCUT2D eigenvalue weighted by Crippen LogP contribution is -2.29. The molecule has 1 fully saturated rings. The number of halogens is 1. The van der Waals surface area contributed by atoms with Gasteiger partial charge in [-0.05, 0) is 36.8 Å². The fourth-order valence-electron chi connectivity index (χ4n) is 2.85.